The molecule has 0 atom stereocenters. The van der Waals surface area contributed by atoms with Crippen LogP contribution in [0.4, 0.5) is 14.3 Å². The highest BCUT2D eigenvalue weighted by molar-refractivity contribution is 7.13. The molecule has 0 radical (unpaired) electrons. The Labute approximate surface area is 190 Å². The average molecular weight is 453 g/mol. The largest absolute Gasteiger partial charge is 0.355 e. The van der Waals surface area contributed by atoms with Gasteiger partial charge in [0.1, 0.15) is 5.82 Å². The number of amides is 3. The first-order valence-corrected chi connectivity index (χ1v) is 11.5. The minimum absolute atomic E-state index is 0.0697. The van der Waals surface area contributed by atoms with Gasteiger partial charge in [0.2, 0.25) is 5.91 Å². The molecule has 6 nitrogen and oxygen atoms in total. The van der Waals surface area contributed by atoms with Crippen molar-refractivity contribution in [1.82, 2.24) is 15.6 Å². The number of carbonyl (C=O) groups is 2. The standard InChI is InChI=1S/C24H25FN4O2S/c25-19-9-4-6-17(14-19)15-27-22(31)29-23-28-20(16-32-23)10-13-26-21(30)24(11-5-12-24)18-7-2-1-3-8-18/h1-4,6-9,14,16H,5,10-13,15H2,(H,26,30)(H2,27,28,29,31). The highest BCUT2D eigenvalue weighted by Crippen LogP contribution is 2.43. The van der Waals surface area contributed by atoms with Gasteiger partial charge in [0.15, 0.2) is 5.13 Å². The molecule has 1 heterocycles. The molecule has 32 heavy (non-hydrogen) atoms. The molecule has 0 bridgehead atoms. The summed E-state index contributed by atoms with van der Waals surface area (Å²) in [6.07, 6.45) is 3.39. The number of nitrogens with zero attached hydrogens (tertiary/aromatic N) is 1. The van der Waals surface area contributed by atoms with E-state index >= 15 is 0 Å². The second-order valence-corrected chi connectivity index (χ2v) is 8.75. The third kappa shape index (κ3) is 5.13. The summed E-state index contributed by atoms with van der Waals surface area (Å²) in [5.74, 6) is -0.270. The van der Waals surface area contributed by atoms with Gasteiger partial charge in [-0.1, -0.05) is 48.9 Å². The Morgan fingerprint density at radius 2 is 1.88 bits per heavy atom. The zero-order chi connectivity index (χ0) is 22.4. The van der Waals surface area contributed by atoms with E-state index in [1.54, 1.807) is 12.1 Å². The van der Waals surface area contributed by atoms with E-state index in [0.717, 1.165) is 30.5 Å². The smallest absolute Gasteiger partial charge is 0.321 e. The number of carbonyl (C=O) groups excluding carboxylic acids is 2. The Bertz CT molecular complexity index is 1080. The SMILES string of the molecule is O=C(NCc1cccc(F)c1)Nc1nc(CCNC(=O)C2(c3ccccc3)CCC2)cs1. The first-order valence-electron chi connectivity index (χ1n) is 10.6. The quantitative estimate of drug-likeness (QED) is 0.474. The molecule has 3 aromatic rings. The summed E-state index contributed by atoms with van der Waals surface area (Å²) >= 11 is 1.32. The minimum atomic E-state index is -0.407. The minimum Gasteiger partial charge on any atom is -0.355 e. The lowest BCUT2D eigenvalue weighted by molar-refractivity contribution is -0.129. The molecule has 3 amide bonds. The van der Waals surface area contributed by atoms with Crippen LogP contribution in [0.2, 0.25) is 0 Å². The predicted molar refractivity (Wildman–Crippen MR) is 123 cm³/mol. The second kappa shape index (κ2) is 9.91. The van der Waals surface area contributed by atoms with Crippen molar-refractivity contribution in [3.05, 3.63) is 82.6 Å². The number of nitrogens with one attached hydrogen (secondary N) is 3. The molecule has 8 heteroatoms. The second-order valence-electron chi connectivity index (χ2n) is 7.89. The van der Waals surface area contributed by atoms with E-state index < -0.39 is 11.4 Å². The Morgan fingerprint density at radius 3 is 2.59 bits per heavy atom. The van der Waals surface area contributed by atoms with Crippen LogP contribution in [0.5, 0.6) is 0 Å². The first-order chi connectivity index (χ1) is 15.5. The maximum atomic E-state index is 13.2. The molecule has 4 rings (SSSR count). The summed E-state index contributed by atoms with van der Waals surface area (Å²) in [7, 11) is 0. The molecule has 0 unspecified atom stereocenters. The van der Waals surface area contributed by atoms with Crippen LogP contribution in [0.1, 0.15) is 36.1 Å². The number of hydrogen-bond donors (Lipinski definition) is 3. The van der Waals surface area contributed by atoms with Crippen molar-refractivity contribution in [2.75, 3.05) is 11.9 Å². The Hall–Kier alpha value is -3.26. The monoisotopic (exact) mass is 452 g/mol. The zero-order valence-electron chi connectivity index (χ0n) is 17.6. The van der Waals surface area contributed by atoms with E-state index in [0.29, 0.717) is 23.7 Å². The number of halogens is 1. The van der Waals surface area contributed by atoms with Gasteiger partial charge in [0.25, 0.3) is 0 Å². The normalized spacial score (nSPS) is 14.3. The Kier molecular flexibility index (Phi) is 6.80. The van der Waals surface area contributed by atoms with E-state index in [1.807, 2.05) is 35.7 Å². The number of benzene rings is 2. The van der Waals surface area contributed by atoms with Crippen LogP contribution >= 0.6 is 11.3 Å². The van der Waals surface area contributed by atoms with E-state index in [1.165, 1.54) is 23.5 Å². The van der Waals surface area contributed by atoms with Crippen molar-refractivity contribution in [2.24, 2.45) is 0 Å². The van der Waals surface area contributed by atoms with Gasteiger partial charge in [-0.05, 0) is 36.1 Å². The van der Waals surface area contributed by atoms with E-state index in [-0.39, 0.29) is 18.3 Å². The molecule has 1 aromatic heterocycles. The predicted octanol–water partition coefficient (Wildman–Crippen LogP) is 4.38. The highest BCUT2D eigenvalue weighted by atomic mass is 32.1. The molecule has 0 spiro atoms. The van der Waals surface area contributed by atoms with Crippen LogP contribution in [-0.4, -0.2) is 23.5 Å². The van der Waals surface area contributed by atoms with Crippen LogP contribution in [0.3, 0.4) is 0 Å². The van der Waals surface area contributed by atoms with Gasteiger partial charge in [0, 0.05) is 24.9 Å². The number of thiazole rings is 1. The van der Waals surface area contributed by atoms with Crippen molar-refractivity contribution in [3.8, 4) is 0 Å². The molecule has 166 valence electrons. The summed E-state index contributed by atoms with van der Waals surface area (Å²) in [6.45, 7) is 0.708. The first kappa shape index (κ1) is 22.0. The molecule has 2 aromatic carbocycles. The van der Waals surface area contributed by atoms with Gasteiger partial charge in [-0.25, -0.2) is 14.2 Å². The van der Waals surface area contributed by atoms with Gasteiger partial charge in [0.05, 0.1) is 11.1 Å². The molecule has 0 aliphatic heterocycles. The molecule has 1 aliphatic rings. The molecule has 1 aliphatic carbocycles. The molecule has 1 fully saturated rings. The van der Waals surface area contributed by atoms with E-state index in [2.05, 4.69) is 20.9 Å². The van der Waals surface area contributed by atoms with Crippen LogP contribution in [0.15, 0.2) is 60.0 Å². The number of aromatic nitrogens is 1. The molecule has 1 saturated carbocycles. The van der Waals surface area contributed by atoms with Gasteiger partial charge < -0.3 is 10.6 Å². The lowest BCUT2D eigenvalue weighted by Crippen LogP contribution is -2.49. The van der Waals surface area contributed by atoms with Crippen molar-refractivity contribution in [2.45, 2.75) is 37.6 Å². The highest BCUT2D eigenvalue weighted by Gasteiger charge is 2.45. The molecule has 0 saturated heterocycles. The topological polar surface area (TPSA) is 83.1 Å². The Balaban J connectivity index is 1.23. The van der Waals surface area contributed by atoms with Crippen LogP contribution in [0.25, 0.3) is 0 Å². The third-order valence-corrected chi connectivity index (χ3v) is 6.56. The molecular formula is C24H25FN4O2S. The van der Waals surface area contributed by atoms with E-state index in [4.69, 9.17) is 0 Å². The summed E-state index contributed by atoms with van der Waals surface area (Å²) in [5, 5.41) is 10.8. The maximum Gasteiger partial charge on any atom is 0.321 e. The third-order valence-electron chi connectivity index (χ3n) is 5.75. The molecule has 3 N–H and O–H groups in total. The lowest BCUT2D eigenvalue weighted by Gasteiger charge is -2.40. The van der Waals surface area contributed by atoms with Gasteiger partial charge >= 0.3 is 6.03 Å². The van der Waals surface area contributed by atoms with Crippen molar-refractivity contribution < 1.29 is 14.0 Å². The summed E-state index contributed by atoms with van der Waals surface area (Å²) in [6, 6.07) is 15.6. The fourth-order valence-corrected chi connectivity index (χ4v) is 4.60. The zero-order valence-corrected chi connectivity index (χ0v) is 18.4. The number of anilines is 1. The fraction of sp³-hybridized carbons (Fsp3) is 0.292. The van der Waals surface area contributed by atoms with Gasteiger partial charge in [-0.2, -0.15) is 0 Å². The summed E-state index contributed by atoms with van der Waals surface area (Å²) in [4.78, 5) is 29.3. The fourth-order valence-electron chi connectivity index (χ4n) is 3.86. The van der Waals surface area contributed by atoms with Crippen molar-refractivity contribution in [3.63, 3.8) is 0 Å². The number of hydrogen-bond acceptors (Lipinski definition) is 4. The summed E-state index contributed by atoms with van der Waals surface area (Å²) < 4.78 is 13.2. The van der Waals surface area contributed by atoms with Crippen LogP contribution in [-0.2, 0) is 23.2 Å². The van der Waals surface area contributed by atoms with Crippen LogP contribution in [0, 0.1) is 5.82 Å². The van der Waals surface area contributed by atoms with Crippen molar-refractivity contribution in [1.29, 1.82) is 0 Å². The molecular weight excluding hydrogens is 427 g/mol. The number of rotatable bonds is 8. The van der Waals surface area contributed by atoms with Crippen LogP contribution < -0.4 is 16.0 Å². The maximum absolute atomic E-state index is 13.2. The van der Waals surface area contributed by atoms with Gasteiger partial charge in [-0.3, -0.25) is 10.1 Å². The van der Waals surface area contributed by atoms with Gasteiger partial charge in [-0.15, -0.1) is 11.3 Å². The summed E-state index contributed by atoms with van der Waals surface area (Å²) in [5.41, 5.74) is 2.15. The average Bonchev–Trinajstić information content (AvgIpc) is 3.19. The van der Waals surface area contributed by atoms with E-state index in [9.17, 15) is 14.0 Å². The number of urea groups is 1. The Morgan fingerprint density at radius 1 is 1.06 bits per heavy atom. The van der Waals surface area contributed by atoms with Crippen molar-refractivity contribution >= 4 is 28.4 Å². The lowest BCUT2D eigenvalue weighted by atomic mass is 9.64.